The van der Waals surface area contributed by atoms with Crippen molar-refractivity contribution in [3.05, 3.63) is 0 Å². The lowest BCUT2D eigenvalue weighted by Gasteiger charge is -2.33. The maximum Gasteiger partial charge on any atom is 0.306 e. The molecule has 0 radical (unpaired) electrons. The van der Waals surface area contributed by atoms with Gasteiger partial charge in [-0.15, -0.1) is 0 Å². The Kier molecular flexibility index (Phi) is 4.61. The van der Waals surface area contributed by atoms with Crippen molar-refractivity contribution in [2.75, 3.05) is 38.5 Å². The van der Waals surface area contributed by atoms with Gasteiger partial charge in [-0.2, -0.15) is 4.31 Å². The lowest BCUT2D eigenvalue weighted by atomic mass is 10.2. The van der Waals surface area contributed by atoms with Crippen molar-refractivity contribution in [2.24, 2.45) is 0 Å². The van der Waals surface area contributed by atoms with Crippen molar-refractivity contribution >= 4 is 21.9 Å². The third-order valence-electron chi connectivity index (χ3n) is 3.41. The van der Waals surface area contributed by atoms with Gasteiger partial charge in [0.05, 0.1) is 31.4 Å². The minimum atomic E-state index is -3.29. The van der Waals surface area contributed by atoms with Crippen LogP contribution < -0.4 is 0 Å². The van der Waals surface area contributed by atoms with Gasteiger partial charge in [-0.3, -0.25) is 9.59 Å². The number of hydrogen-bond acceptors (Lipinski definition) is 5. The number of carbonyl (C=O) groups excluding carboxylic acids is 1. The van der Waals surface area contributed by atoms with Crippen LogP contribution >= 0.6 is 0 Å². The van der Waals surface area contributed by atoms with Crippen molar-refractivity contribution in [3.63, 3.8) is 0 Å². The molecule has 0 saturated carbocycles. The fourth-order valence-corrected chi connectivity index (χ4v) is 3.85. The number of carbonyl (C=O) groups is 2. The fourth-order valence-electron chi connectivity index (χ4n) is 2.38. The summed E-state index contributed by atoms with van der Waals surface area (Å²) in [6.07, 6.45) is -0.146. The highest BCUT2D eigenvalue weighted by molar-refractivity contribution is 7.89. The number of aliphatic carboxylic acids is 1. The van der Waals surface area contributed by atoms with E-state index in [1.165, 1.54) is 9.21 Å². The molecule has 0 aliphatic carbocycles. The van der Waals surface area contributed by atoms with Gasteiger partial charge in [0.15, 0.2) is 0 Å². The number of amides is 1. The minimum Gasteiger partial charge on any atom is -0.481 e. The van der Waals surface area contributed by atoms with Gasteiger partial charge < -0.3 is 14.7 Å². The molecule has 2 heterocycles. The van der Waals surface area contributed by atoms with E-state index in [2.05, 4.69) is 0 Å². The topological polar surface area (TPSA) is 104 Å². The largest absolute Gasteiger partial charge is 0.481 e. The normalized spacial score (nSPS) is 26.6. The highest BCUT2D eigenvalue weighted by Gasteiger charge is 2.33. The summed E-state index contributed by atoms with van der Waals surface area (Å²) in [6, 6.07) is 0. The lowest BCUT2D eigenvalue weighted by Crippen LogP contribution is -2.49. The third-order valence-corrected chi connectivity index (χ3v) is 5.31. The molecule has 2 saturated heterocycles. The van der Waals surface area contributed by atoms with Crippen molar-refractivity contribution in [3.8, 4) is 0 Å². The summed E-state index contributed by atoms with van der Waals surface area (Å²) < 4.78 is 29.8. The van der Waals surface area contributed by atoms with Gasteiger partial charge >= 0.3 is 5.97 Å². The Morgan fingerprint density at radius 2 is 2.05 bits per heavy atom. The summed E-state index contributed by atoms with van der Waals surface area (Å²) in [5, 5.41) is 8.72. The Morgan fingerprint density at radius 3 is 2.65 bits per heavy atom. The first-order valence-electron chi connectivity index (χ1n) is 6.47. The summed E-state index contributed by atoms with van der Waals surface area (Å²) in [6.45, 7) is 1.04. The molecule has 1 atom stereocenters. The van der Waals surface area contributed by atoms with Gasteiger partial charge in [-0.1, -0.05) is 0 Å². The van der Waals surface area contributed by atoms with Crippen molar-refractivity contribution in [2.45, 2.75) is 18.9 Å². The van der Waals surface area contributed by atoms with Crippen LogP contribution in [0.2, 0.25) is 0 Å². The van der Waals surface area contributed by atoms with Crippen molar-refractivity contribution in [1.82, 2.24) is 9.21 Å². The molecule has 8 nitrogen and oxygen atoms in total. The van der Waals surface area contributed by atoms with Crippen LogP contribution in [0.4, 0.5) is 0 Å². The summed E-state index contributed by atoms with van der Waals surface area (Å²) in [7, 11) is -3.29. The molecule has 2 fully saturated rings. The minimum absolute atomic E-state index is 0.0883. The van der Waals surface area contributed by atoms with Crippen LogP contribution in [-0.4, -0.2) is 79.2 Å². The van der Waals surface area contributed by atoms with Gasteiger partial charge in [-0.25, -0.2) is 8.42 Å². The molecule has 2 aliphatic heterocycles. The predicted octanol–water partition coefficient (Wildman–Crippen LogP) is -1.28. The molecule has 1 amide bonds. The first-order chi connectivity index (χ1) is 9.38. The first kappa shape index (κ1) is 15.2. The van der Waals surface area contributed by atoms with E-state index in [4.69, 9.17) is 9.84 Å². The summed E-state index contributed by atoms with van der Waals surface area (Å²) in [5.41, 5.74) is 0. The number of morpholine rings is 1. The Balaban J connectivity index is 1.90. The van der Waals surface area contributed by atoms with Crippen LogP contribution in [0.3, 0.4) is 0 Å². The van der Waals surface area contributed by atoms with E-state index in [-0.39, 0.29) is 37.8 Å². The monoisotopic (exact) mass is 306 g/mol. The Labute approximate surface area is 117 Å². The number of hydrogen-bond donors (Lipinski definition) is 1. The van der Waals surface area contributed by atoms with Crippen LogP contribution in [0, 0.1) is 0 Å². The van der Waals surface area contributed by atoms with Crippen LogP contribution in [0.25, 0.3) is 0 Å². The zero-order valence-electron chi connectivity index (χ0n) is 11.0. The molecule has 0 aromatic rings. The molecule has 0 spiro atoms. The van der Waals surface area contributed by atoms with Crippen LogP contribution in [-0.2, 0) is 24.3 Å². The van der Waals surface area contributed by atoms with Crippen LogP contribution in [0.5, 0.6) is 0 Å². The zero-order chi connectivity index (χ0) is 14.8. The summed E-state index contributed by atoms with van der Waals surface area (Å²) >= 11 is 0. The maximum absolute atomic E-state index is 12.1. The van der Waals surface area contributed by atoms with E-state index in [1.54, 1.807) is 0 Å². The molecule has 20 heavy (non-hydrogen) atoms. The molecule has 0 bridgehead atoms. The molecule has 1 N–H and O–H groups in total. The van der Waals surface area contributed by atoms with Gasteiger partial charge in [0.1, 0.15) is 0 Å². The van der Waals surface area contributed by atoms with Crippen LogP contribution in [0.1, 0.15) is 12.8 Å². The number of carboxylic acids is 1. The Morgan fingerprint density at radius 1 is 1.30 bits per heavy atom. The molecule has 0 aromatic heterocycles. The smallest absolute Gasteiger partial charge is 0.306 e. The number of ether oxygens (including phenoxy) is 1. The van der Waals surface area contributed by atoms with Crippen molar-refractivity contribution in [1.29, 1.82) is 0 Å². The SMILES string of the molecule is O=C(O)CC1CN(C(=O)CN2CCCS2(=O)=O)CCO1. The number of sulfonamides is 1. The molecule has 2 rings (SSSR count). The second kappa shape index (κ2) is 6.06. The molecular formula is C11H18N2O6S. The van der Waals surface area contributed by atoms with E-state index in [0.29, 0.717) is 19.5 Å². The van der Waals surface area contributed by atoms with Gasteiger partial charge in [-0.05, 0) is 6.42 Å². The molecule has 9 heteroatoms. The fraction of sp³-hybridized carbons (Fsp3) is 0.818. The highest BCUT2D eigenvalue weighted by atomic mass is 32.2. The predicted molar refractivity (Wildman–Crippen MR) is 68.5 cm³/mol. The highest BCUT2D eigenvalue weighted by Crippen LogP contribution is 2.15. The molecule has 0 aromatic carbocycles. The molecule has 2 aliphatic rings. The Bertz CT molecular complexity index is 491. The molecule has 114 valence electrons. The second-order valence-electron chi connectivity index (χ2n) is 4.93. The van der Waals surface area contributed by atoms with Crippen molar-refractivity contribution < 1.29 is 27.9 Å². The Hall–Kier alpha value is -1.19. The van der Waals surface area contributed by atoms with E-state index in [9.17, 15) is 18.0 Å². The lowest BCUT2D eigenvalue weighted by molar-refractivity contribution is -0.147. The quantitative estimate of drug-likeness (QED) is 0.694. The van der Waals surface area contributed by atoms with E-state index in [0.717, 1.165) is 0 Å². The summed E-state index contributed by atoms with van der Waals surface area (Å²) in [5.74, 6) is -1.19. The third kappa shape index (κ3) is 3.68. The van der Waals surface area contributed by atoms with E-state index < -0.39 is 22.1 Å². The zero-order valence-corrected chi connectivity index (χ0v) is 11.8. The van der Waals surface area contributed by atoms with Crippen LogP contribution in [0.15, 0.2) is 0 Å². The second-order valence-corrected chi connectivity index (χ2v) is 7.02. The molecule has 1 unspecified atom stereocenters. The summed E-state index contributed by atoms with van der Waals surface area (Å²) in [4.78, 5) is 24.2. The number of carboxylic acid groups (broad SMARTS) is 1. The first-order valence-corrected chi connectivity index (χ1v) is 8.08. The van der Waals surface area contributed by atoms with Gasteiger partial charge in [0, 0.05) is 19.6 Å². The van der Waals surface area contributed by atoms with Gasteiger partial charge in [0.25, 0.3) is 0 Å². The number of rotatable bonds is 4. The maximum atomic E-state index is 12.1. The van der Waals surface area contributed by atoms with Gasteiger partial charge in [0.2, 0.25) is 15.9 Å². The van der Waals surface area contributed by atoms with E-state index in [1.807, 2.05) is 0 Å². The van der Waals surface area contributed by atoms with E-state index >= 15 is 0 Å². The number of nitrogens with zero attached hydrogens (tertiary/aromatic N) is 2. The standard InChI is InChI=1S/C11H18N2O6S/c14-10(8-13-2-1-5-20(13,17)18)12-3-4-19-9(7-12)6-11(15)16/h9H,1-8H2,(H,15,16). The average Bonchev–Trinajstić information content (AvgIpc) is 2.68. The molecular weight excluding hydrogens is 288 g/mol. The average molecular weight is 306 g/mol.